The first-order valence-electron chi connectivity index (χ1n) is 6.98. The van der Waals surface area contributed by atoms with Crippen molar-refractivity contribution in [3.8, 4) is 28.7 Å². The van der Waals surface area contributed by atoms with Crippen LogP contribution in [0.3, 0.4) is 0 Å². The lowest BCUT2D eigenvalue weighted by Gasteiger charge is -2.13. The SMILES string of the molecule is COc1cc(-c2nc3ccc(Br)cc3c(=O)o2)cc(OC)c1OC. The first-order chi connectivity index (χ1) is 11.6. The summed E-state index contributed by atoms with van der Waals surface area (Å²) in [4.78, 5) is 16.7. The van der Waals surface area contributed by atoms with Gasteiger partial charge in [-0.2, -0.15) is 0 Å². The molecule has 0 saturated carbocycles. The van der Waals surface area contributed by atoms with Crippen LogP contribution in [0.15, 0.2) is 44.0 Å². The fourth-order valence-corrected chi connectivity index (χ4v) is 2.73. The van der Waals surface area contributed by atoms with E-state index < -0.39 is 5.63 Å². The predicted molar refractivity (Wildman–Crippen MR) is 93.1 cm³/mol. The number of hydrogen-bond acceptors (Lipinski definition) is 6. The van der Waals surface area contributed by atoms with Gasteiger partial charge in [-0.1, -0.05) is 15.9 Å². The average molecular weight is 392 g/mol. The Morgan fingerprint density at radius 3 is 2.25 bits per heavy atom. The summed E-state index contributed by atoms with van der Waals surface area (Å²) in [6.07, 6.45) is 0. The van der Waals surface area contributed by atoms with Crippen molar-refractivity contribution in [3.05, 3.63) is 45.2 Å². The summed E-state index contributed by atoms with van der Waals surface area (Å²) in [5.41, 5.74) is 0.620. The van der Waals surface area contributed by atoms with E-state index in [2.05, 4.69) is 20.9 Å². The minimum Gasteiger partial charge on any atom is -0.493 e. The molecule has 0 amide bonds. The van der Waals surface area contributed by atoms with Gasteiger partial charge in [-0.05, 0) is 30.3 Å². The number of halogens is 1. The fraction of sp³-hybridized carbons (Fsp3) is 0.176. The zero-order valence-electron chi connectivity index (χ0n) is 13.3. The Morgan fingerprint density at radius 1 is 1.00 bits per heavy atom. The molecule has 24 heavy (non-hydrogen) atoms. The first kappa shape index (κ1) is 16.3. The van der Waals surface area contributed by atoms with Gasteiger partial charge in [-0.15, -0.1) is 0 Å². The highest BCUT2D eigenvalue weighted by Crippen LogP contribution is 2.40. The Bertz CT molecular complexity index is 942. The van der Waals surface area contributed by atoms with Gasteiger partial charge in [0.1, 0.15) is 0 Å². The number of methoxy groups -OCH3 is 3. The van der Waals surface area contributed by atoms with E-state index in [4.69, 9.17) is 18.6 Å². The molecule has 0 saturated heterocycles. The van der Waals surface area contributed by atoms with Crippen molar-refractivity contribution in [2.75, 3.05) is 21.3 Å². The molecule has 3 rings (SSSR count). The van der Waals surface area contributed by atoms with Gasteiger partial charge in [0.05, 0.1) is 32.2 Å². The van der Waals surface area contributed by atoms with Crippen molar-refractivity contribution in [2.24, 2.45) is 0 Å². The number of hydrogen-bond donors (Lipinski definition) is 0. The zero-order valence-corrected chi connectivity index (χ0v) is 14.8. The summed E-state index contributed by atoms with van der Waals surface area (Å²) in [6, 6.07) is 8.59. The molecule has 0 spiro atoms. The highest BCUT2D eigenvalue weighted by Gasteiger charge is 2.17. The molecule has 0 aliphatic heterocycles. The largest absolute Gasteiger partial charge is 0.493 e. The lowest BCUT2D eigenvalue weighted by atomic mass is 10.1. The number of ether oxygens (including phenoxy) is 3. The second-order valence-corrected chi connectivity index (χ2v) is 5.80. The molecular formula is C17H14BrNO5. The van der Waals surface area contributed by atoms with Gasteiger partial charge in [0.15, 0.2) is 11.5 Å². The van der Waals surface area contributed by atoms with Crippen LogP contribution in [-0.2, 0) is 0 Å². The predicted octanol–water partition coefficient (Wildman–Crippen LogP) is 3.64. The number of fused-ring (bicyclic) bond motifs is 1. The van der Waals surface area contributed by atoms with E-state index in [-0.39, 0.29) is 5.89 Å². The Labute approximate surface area is 146 Å². The number of aromatic nitrogens is 1. The van der Waals surface area contributed by atoms with Crippen molar-refractivity contribution in [2.45, 2.75) is 0 Å². The van der Waals surface area contributed by atoms with Gasteiger partial charge in [0, 0.05) is 10.0 Å². The Morgan fingerprint density at radius 2 is 1.67 bits per heavy atom. The summed E-state index contributed by atoms with van der Waals surface area (Å²) in [7, 11) is 4.55. The first-order valence-corrected chi connectivity index (χ1v) is 7.77. The highest BCUT2D eigenvalue weighted by atomic mass is 79.9. The van der Waals surface area contributed by atoms with Gasteiger partial charge in [0.25, 0.3) is 0 Å². The normalized spacial score (nSPS) is 10.7. The second-order valence-electron chi connectivity index (χ2n) is 4.88. The van der Waals surface area contributed by atoms with Crippen LogP contribution in [0.25, 0.3) is 22.4 Å². The van der Waals surface area contributed by atoms with Crippen LogP contribution in [0.4, 0.5) is 0 Å². The van der Waals surface area contributed by atoms with E-state index in [0.29, 0.717) is 33.7 Å². The molecule has 3 aromatic rings. The summed E-state index contributed by atoms with van der Waals surface area (Å²) >= 11 is 3.33. The van der Waals surface area contributed by atoms with E-state index in [1.807, 2.05) is 6.07 Å². The standard InChI is InChI=1S/C17H14BrNO5/c1-21-13-6-9(7-14(22-2)15(13)23-3)16-19-12-5-4-10(18)8-11(12)17(20)24-16/h4-8H,1-3H3. The van der Waals surface area contributed by atoms with Crippen LogP contribution in [0.5, 0.6) is 17.2 Å². The third-order valence-corrected chi connectivity index (χ3v) is 3.99. The maximum absolute atomic E-state index is 12.2. The molecule has 0 N–H and O–H groups in total. The molecule has 0 atom stereocenters. The molecule has 124 valence electrons. The fourth-order valence-electron chi connectivity index (χ4n) is 2.37. The molecule has 2 aromatic carbocycles. The maximum atomic E-state index is 12.2. The molecule has 0 aliphatic carbocycles. The molecule has 6 nitrogen and oxygen atoms in total. The monoisotopic (exact) mass is 391 g/mol. The van der Waals surface area contributed by atoms with Crippen molar-refractivity contribution in [1.82, 2.24) is 4.98 Å². The third-order valence-electron chi connectivity index (χ3n) is 3.50. The summed E-state index contributed by atoms with van der Waals surface area (Å²) in [6.45, 7) is 0. The Hall–Kier alpha value is -2.54. The number of nitrogens with zero attached hydrogens (tertiary/aromatic N) is 1. The summed E-state index contributed by atoms with van der Waals surface area (Å²) in [5.74, 6) is 1.53. The smallest absolute Gasteiger partial charge is 0.347 e. The molecule has 7 heteroatoms. The van der Waals surface area contributed by atoms with Crippen LogP contribution in [0, 0.1) is 0 Å². The van der Waals surface area contributed by atoms with Crippen LogP contribution < -0.4 is 19.8 Å². The zero-order chi connectivity index (χ0) is 17.3. The molecule has 1 heterocycles. The molecule has 1 aromatic heterocycles. The van der Waals surface area contributed by atoms with Gasteiger partial charge in [-0.3, -0.25) is 0 Å². The van der Waals surface area contributed by atoms with Gasteiger partial charge >= 0.3 is 5.63 Å². The maximum Gasteiger partial charge on any atom is 0.347 e. The van der Waals surface area contributed by atoms with Crippen LogP contribution in [0.1, 0.15) is 0 Å². The molecule has 0 bridgehead atoms. The van der Waals surface area contributed by atoms with Gasteiger partial charge in [-0.25, -0.2) is 9.78 Å². The molecule has 0 radical (unpaired) electrons. The van der Waals surface area contributed by atoms with E-state index in [9.17, 15) is 4.79 Å². The van der Waals surface area contributed by atoms with Gasteiger partial charge < -0.3 is 18.6 Å². The minimum atomic E-state index is -0.468. The minimum absolute atomic E-state index is 0.175. The summed E-state index contributed by atoms with van der Waals surface area (Å²) < 4.78 is 22.1. The lowest BCUT2D eigenvalue weighted by Crippen LogP contribution is -2.03. The van der Waals surface area contributed by atoms with Crippen molar-refractivity contribution in [1.29, 1.82) is 0 Å². The topological polar surface area (TPSA) is 70.8 Å². The van der Waals surface area contributed by atoms with E-state index in [0.717, 1.165) is 4.47 Å². The Kier molecular flexibility index (Phi) is 4.44. The van der Waals surface area contributed by atoms with Crippen molar-refractivity contribution >= 4 is 26.8 Å². The van der Waals surface area contributed by atoms with E-state index >= 15 is 0 Å². The summed E-state index contributed by atoms with van der Waals surface area (Å²) in [5, 5.41) is 0.403. The van der Waals surface area contributed by atoms with Crippen molar-refractivity contribution in [3.63, 3.8) is 0 Å². The molecule has 0 fully saturated rings. The second kappa shape index (κ2) is 6.52. The number of rotatable bonds is 4. The Balaban J connectivity index is 2.24. The molecule has 0 unspecified atom stereocenters. The number of benzene rings is 2. The average Bonchev–Trinajstić information content (AvgIpc) is 2.60. The van der Waals surface area contributed by atoms with E-state index in [1.54, 1.807) is 24.3 Å². The lowest BCUT2D eigenvalue weighted by molar-refractivity contribution is 0.324. The third kappa shape index (κ3) is 2.82. The quantitative estimate of drug-likeness (QED) is 0.675. The van der Waals surface area contributed by atoms with Crippen molar-refractivity contribution < 1.29 is 18.6 Å². The van der Waals surface area contributed by atoms with E-state index in [1.165, 1.54) is 21.3 Å². The van der Waals surface area contributed by atoms with Crippen LogP contribution >= 0.6 is 15.9 Å². The highest BCUT2D eigenvalue weighted by molar-refractivity contribution is 9.10. The van der Waals surface area contributed by atoms with Gasteiger partial charge in [0.2, 0.25) is 11.6 Å². The molecular weight excluding hydrogens is 378 g/mol. The van der Waals surface area contributed by atoms with Crippen LogP contribution in [-0.4, -0.2) is 26.3 Å². The molecule has 0 aliphatic rings. The van der Waals surface area contributed by atoms with Crippen LogP contribution in [0.2, 0.25) is 0 Å².